The summed E-state index contributed by atoms with van der Waals surface area (Å²) < 4.78 is 12.5. The molecule has 28 heavy (non-hydrogen) atoms. The first-order valence-electron chi connectivity index (χ1n) is 10.4. The zero-order valence-electron chi connectivity index (χ0n) is 18.9. The van der Waals surface area contributed by atoms with E-state index in [-0.39, 0.29) is 35.9 Å². The average molecular weight is 490 g/mol. The van der Waals surface area contributed by atoms with Gasteiger partial charge in [-0.05, 0) is 68.7 Å². The first-order valence-corrected chi connectivity index (χ1v) is 18.0. The van der Waals surface area contributed by atoms with Crippen LogP contribution in [0.15, 0.2) is 11.6 Å². The summed E-state index contributed by atoms with van der Waals surface area (Å²) in [5.74, 6) is 0.405. The smallest absolute Gasteiger partial charge is 0.184 e. The van der Waals surface area contributed by atoms with Crippen LogP contribution in [0, 0.1) is 22.7 Å². The van der Waals surface area contributed by atoms with Crippen LogP contribution in [0.5, 0.6) is 0 Å². The van der Waals surface area contributed by atoms with Crippen molar-refractivity contribution in [2.24, 2.45) is 22.7 Å². The minimum atomic E-state index is -1.83. The van der Waals surface area contributed by atoms with Crippen LogP contribution in [0.4, 0.5) is 0 Å². The summed E-state index contributed by atoms with van der Waals surface area (Å²) in [5, 5.41) is 10.3. The van der Waals surface area contributed by atoms with Gasteiger partial charge in [-0.25, -0.2) is 0 Å². The Balaban J connectivity index is 2.17. The molecule has 0 aromatic carbocycles. The zero-order valence-corrected chi connectivity index (χ0v) is 22.4. The summed E-state index contributed by atoms with van der Waals surface area (Å²) >= 11 is 3.72. The fraction of sp³-hybridized carbons (Fsp3) is 0.857. The number of allylic oxidation sites excluding steroid dienone is 1. The number of hydrogen-bond donors (Lipinski definition) is 1. The Morgan fingerprint density at radius 3 is 2.11 bits per heavy atom. The van der Waals surface area contributed by atoms with Crippen LogP contribution in [0.25, 0.3) is 0 Å². The first kappa shape index (κ1) is 22.9. The van der Waals surface area contributed by atoms with Crippen LogP contribution in [-0.4, -0.2) is 50.7 Å². The monoisotopic (exact) mass is 488 g/mol. The van der Waals surface area contributed by atoms with Crippen molar-refractivity contribution in [3.63, 3.8) is 0 Å². The van der Waals surface area contributed by atoms with Crippen molar-refractivity contribution in [3.05, 3.63) is 11.6 Å². The molecule has 0 radical (unpaired) electrons. The van der Waals surface area contributed by atoms with Gasteiger partial charge in [-0.3, -0.25) is 4.79 Å². The predicted octanol–water partition coefficient (Wildman–Crippen LogP) is 4.74. The summed E-state index contributed by atoms with van der Waals surface area (Å²) in [6.45, 7) is 19.8. The van der Waals surface area contributed by atoms with Crippen molar-refractivity contribution in [2.45, 2.75) is 83.0 Å². The molecule has 0 saturated heterocycles. The Morgan fingerprint density at radius 1 is 1.11 bits per heavy atom. The second-order valence-electron chi connectivity index (χ2n) is 11.8. The molecule has 3 rings (SSSR count). The Morgan fingerprint density at radius 2 is 1.64 bits per heavy atom. The standard InChI is InChI=1S/C21H37BrO4Si2/c1-19(2)11-13-16(18(19)26-28(7,8)9)20(3)14(17(13)25-27(4,5)6)10-15(24)21(20,22)12-23/h10,13,16-18,23H,11-12H2,1-9H3/t13-,16-,17-,18+,20+,21-/m0/s1. The van der Waals surface area contributed by atoms with Crippen LogP contribution >= 0.6 is 15.9 Å². The van der Waals surface area contributed by atoms with E-state index in [1.165, 1.54) is 0 Å². The summed E-state index contributed by atoms with van der Waals surface area (Å²) in [7, 11) is -3.64. The number of fused-ring (bicyclic) bond motifs is 3. The lowest BCUT2D eigenvalue weighted by Gasteiger charge is -2.46. The molecule has 0 aliphatic heterocycles. The topological polar surface area (TPSA) is 55.8 Å². The third-order valence-corrected chi connectivity index (χ3v) is 10.3. The zero-order chi connectivity index (χ0) is 21.5. The number of aliphatic hydroxyl groups excluding tert-OH is 1. The van der Waals surface area contributed by atoms with Gasteiger partial charge < -0.3 is 14.0 Å². The van der Waals surface area contributed by atoms with Gasteiger partial charge in [0, 0.05) is 11.3 Å². The lowest BCUT2D eigenvalue weighted by molar-refractivity contribution is -0.120. The minimum Gasteiger partial charge on any atom is -0.414 e. The third-order valence-electron chi connectivity index (χ3n) is 6.96. The van der Waals surface area contributed by atoms with Crippen molar-refractivity contribution >= 4 is 38.3 Å². The quantitative estimate of drug-likeness (QED) is 0.448. The second-order valence-corrected chi connectivity index (χ2v) is 22.1. The highest BCUT2D eigenvalue weighted by Gasteiger charge is 2.74. The molecule has 0 aromatic heterocycles. The molecule has 2 fully saturated rings. The number of rotatable bonds is 5. The highest BCUT2D eigenvalue weighted by Crippen LogP contribution is 2.70. The number of halogens is 1. The summed E-state index contributed by atoms with van der Waals surface area (Å²) in [6, 6.07) is 0. The Bertz CT molecular complexity index is 708. The van der Waals surface area contributed by atoms with Crippen LogP contribution < -0.4 is 0 Å². The first-order chi connectivity index (χ1) is 12.5. The van der Waals surface area contributed by atoms with E-state index in [0.29, 0.717) is 5.92 Å². The third kappa shape index (κ3) is 3.28. The lowest BCUT2D eigenvalue weighted by atomic mass is 9.66. The Labute approximate surface area is 180 Å². The SMILES string of the molecule is CC1(C)C[C@H]2[C@@H]([C@H]1O[Si](C)(C)C)[C@@]1(C)C(=CC(=O)[C@@]1(Br)CO)[C@H]2O[Si](C)(C)C. The predicted molar refractivity (Wildman–Crippen MR) is 122 cm³/mol. The van der Waals surface area contributed by atoms with Crippen molar-refractivity contribution < 1.29 is 18.8 Å². The van der Waals surface area contributed by atoms with E-state index in [2.05, 4.69) is 76.0 Å². The summed E-state index contributed by atoms with van der Waals surface area (Å²) in [4.78, 5) is 13.0. The number of carbonyl (C=O) groups is 1. The number of alkyl halides is 1. The Kier molecular flexibility index (Phi) is 5.39. The molecule has 0 unspecified atom stereocenters. The molecule has 0 amide bonds. The number of carbonyl (C=O) groups excluding carboxylic acids is 1. The molecule has 0 heterocycles. The fourth-order valence-corrected chi connectivity index (χ4v) is 8.83. The maximum Gasteiger partial charge on any atom is 0.184 e. The van der Waals surface area contributed by atoms with Gasteiger partial charge in [-0.1, -0.05) is 36.7 Å². The Hall–Kier alpha value is 0.204. The van der Waals surface area contributed by atoms with Gasteiger partial charge in [0.15, 0.2) is 22.4 Å². The molecular weight excluding hydrogens is 452 g/mol. The second kappa shape index (κ2) is 6.60. The highest BCUT2D eigenvalue weighted by molar-refractivity contribution is 9.10. The molecule has 7 heteroatoms. The fourth-order valence-electron chi connectivity index (χ4n) is 5.93. The molecule has 0 spiro atoms. The number of aliphatic hydroxyl groups is 1. The van der Waals surface area contributed by atoms with E-state index in [0.717, 1.165) is 12.0 Å². The van der Waals surface area contributed by atoms with Crippen LogP contribution in [0.2, 0.25) is 39.3 Å². The molecule has 2 saturated carbocycles. The molecular formula is C21H37BrO4Si2. The molecule has 1 N–H and O–H groups in total. The van der Waals surface area contributed by atoms with Gasteiger partial charge >= 0.3 is 0 Å². The molecule has 0 bridgehead atoms. The van der Waals surface area contributed by atoms with E-state index in [1.807, 2.05) is 0 Å². The molecule has 160 valence electrons. The molecule has 3 aliphatic rings. The van der Waals surface area contributed by atoms with Crippen LogP contribution in [-0.2, 0) is 13.6 Å². The minimum absolute atomic E-state index is 0.000205. The van der Waals surface area contributed by atoms with Gasteiger partial charge in [0.05, 0.1) is 18.8 Å². The maximum atomic E-state index is 13.0. The number of hydrogen-bond acceptors (Lipinski definition) is 4. The lowest BCUT2D eigenvalue weighted by Crippen LogP contribution is -2.54. The molecule has 4 nitrogen and oxygen atoms in total. The van der Waals surface area contributed by atoms with E-state index < -0.39 is 26.4 Å². The van der Waals surface area contributed by atoms with Gasteiger partial charge in [0.1, 0.15) is 4.32 Å². The molecule has 6 atom stereocenters. The normalized spacial score (nSPS) is 42.5. The van der Waals surface area contributed by atoms with Crippen molar-refractivity contribution in [3.8, 4) is 0 Å². The average Bonchev–Trinajstić information content (AvgIpc) is 2.96. The van der Waals surface area contributed by atoms with Gasteiger partial charge in [-0.2, -0.15) is 0 Å². The van der Waals surface area contributed by atoms with Crippen molar-refractivity contribution in [1.29, 1.82) is 0 Å². The maximum absolute atomic E-state index is 13.0. The van der Waals surface area contributed by atoms with Crippen molar-refractivity contribution in [1.82, 2.24) is 0 Å². The molecule has 0 aromatic rings. The highest BCUT2D eigenvalue weighted by atomic mass is 79.9. The van der Waals surface area contributed by atoms with Crippen molar-refractivity contribution in [2.75, 3.05) is 6.61 Å². The van der Waals surface area contributed by atoms with Gasteiger partial charge in [0.2, 0.25) is 0 Å². The van der Waals surface area contributed by atoms with E-state index in [9.17, 15) is 9.90 Å². The van der Waals surface area contributed by atoms with E-state index in [4.69, 9.17) is 8.85 Å². The number of ketones is 1. The van der Waals surface area contributed by atoms with Gasteiger partial charge in [0.25, 0.3) is 0 Å². The van der Waals surface area contributed by atoms with Crippen LogP contribution in [0.3, 0.4) is 0 Å². The molecule has 3 aliphatic carbocycles. The summed E-state index contributed by atoms with van der Waals surface area (Å²) in [5.41, 5.74) is 0.562. The van der Waals surface area contributed by atoms with E-state index >= 15 is 0 Å². The van der Waals surface area contributed by atoms with E-state index in [1.54, 1.807) is 6.08 Å². The van der Waals surface area contributed by atoms with Gasteiger partial charge in [-0.15, -0.1) is 0 Å². The van der Waals surface area contributed by atoms with Crippen LogP contribution in [0.1, 0.15) is 27.2 Å². The largest absolute Gasteiger partial charge is 0.414 e. The summed E-state index contributed by atoms with van der Waals surface area (Å²) in [6.07, 6.45) is 2.76.